The Bertz CT molecular complexity index is 874. The van der Waals surface area contributed by atoms with Crippen molar-refractivity contribution in [3.05, 3.63) is 66.0 Å². The third-order valence-electron chi connectivity index (χ3n) is 5.96. The van der Waals surface area contributed by atoms with Gasteiger partial charge >= 0.3 is 11.9 Å². The number of allylic oxidation sites excluding steroid dienone is 3. The predicted molar refractivity (Wildman–Crippen MR) is 125 cm³/mol. The summed E-state index contributed by atoms with van der Waals surface area (Å²) in [6.45, 7) is 5.31. The molecule has 0 fully saturated rings. The Labute approximate surface area is 195 Å². The van der Waals surface area contributed by atoms with Gasteiger partial charge in [-0.05, 0) is 44.4 Å². The van der Waals surface area contributed by atoms with Gasteiger partial charge in [0.25, 0.3) is 0 Å². The first-order chi connectivity index (χ1) is 15.6. The number of hydrogen-bond acceptors (Lipinski definition) is 6. The maximum Gasteiger partial charge on any atom is 0.309 e. The number of ether oxygens (including phenoxy) is 1. The Balaban J connectivity index is 2.25. The summed E-state index contributed by atoms with van der Waals surface area (Å²) >= 11 is 0. The highest BCUT2D eigenvalue weighted by Gasteiger charge is 2.34. The Morgan fingerprint density at radius 3 is 2.76 bits per heavy atom. The van der Waals surface area contributed by atoms with Gasteiger partial charge in [-0.3, -0.25) is 14.6 Å². The molecule has 5 atom stereocenters. The zero-order chi connectivity index (χ0) is 24.4. The van der Waals surface area contributed by atoms with Gasteiger partial charge in [0, 0.05) is 30.1 Å². The second-order valence-corrected chi connectivity index (χ2v) is 8.98. The largest absolute Gasteiger partial charge is 0.481 e. The molecule has 0 aromatic carbocycles. The highest BCUT2D eigenvalue weighted by Crippen LogP contribution is 2.30. The van der Waals surface area contributed by atoms with E-state index in [9.17, 15) is 24.9 Å². The molecule has 1 aliphatic rings. The van der Waals surface area contributed by atoms with E-state index in [0.29, 0.717) is 6.42 Å². The van der Waals surface area contributed by atoms with E-state index in [0.717, 1.165) is 11.3 Å². The van der Waals surface area contributed by atoms with Crippen molar-refractivity contribution in [1.29, 1.82) is 0 Å². The first kappa shape index (κ1) is 26.5. The Morgan fingerprint density at radius 2 is 2.09 bits per heavy atom. The lowest BCUT2D eigenvalue weighted by molar-refractivity contribution is -0.151. The van der Waals surface area contributed by atoms with Crippen molar-refractivity contribution in [2.24, 2.45) is 11.8 Å². The monoisotopic (exact) mass is 457 g/mol. The van der Waals surface area contributed by atoms with Crippen LogP contribution in [0.1, 0.15) is 52.1 Å². The highest BCUT2D eigenvalue weighted by atomic mass is 16.5. The number of aliphatic carboxylic acids is 1. The molecule has 0 aliphatic carbocycles. The molecule has 2 heterocycles. The van der Waals surface area contributed by atoms with E-state index in [1.54, 1.807) is 25.3 Å². The normalized spacial score (nSPS) is 30.8. The molecule has 1 aromatic rings. The molecule has 0 amide bonds. The number of hydrogen-bond donors (Lipinski definition) is 3. The van der Waals surface area contributed by atoms with Crippen LogP contribution in [0, 0.1) is 11.8 Å². The SMILES string of the molecule is C/C(=C\C=C\Cc1ccccn1)[C@H]1OC(=O)C[C@H](O)CC[C@@](C)(O)[C@@H](CC(=O)O)/C=C/[C@@H]1C. The lowest BCUT2D eigenvalue weighted by Gasteiger charge is -2.32. The third-order valence-corrected chi connectivity index (χ3v) is 5.96. The molecule has 0 saturated carbocycles. The number of aliphatic hydroxyl groups is 2. The second kappa shape index (κ2) is 12.5. The number of aliphatic hydroxyl groups excluding tert-OH is 1. The lowest BCUT2D eigenvalue weighted by Crippen LogP contribution is -2.37. The molecule has 0 spiro atoms. The van der Waals surface area contributed by atoms with Gasteiger partial charge in [-0.25, -0.2) is 0 Å². The van der Waals surface area contributed by atoms with Crippen LogP contribution in [-0.4, -0.2) is 50.1 Å². The summed E-state index contributed by atoms with van der Waals surface area (Å²) in [4.78, 5) is 28.1. The van der Waals surface area contributed by atoms with Crippen molar-refractivity contribution in [2.45, 2.75) is 70.7 Å². The highest BCUT2D eigenvalue weighted by molar-refractivity contribution is 5.70. The quantitative estimate of drug-likeness (QED) is 0.339. The van der Waals surface area contributed by atoms with E-state index in [2.05, 4.69) is 4.98 Å². The van der Waals surface area contributed by atoms with Crippen LogP contribution < -0.4 is 0 Å². The second-order valence-electron chi connectivity index (χ2n) is 8.98. The van der Waals surface area contributed by atoms with Gasteiger partial charge in [0.05, 0.1) is 24.5 Å². The van der Waals surface area contributed by atoms with Gasteiger partial charge in [-0.2, -0.15) is 0 Å². The number of aromatic nitrogens is 1. The summed E-state index contributed by atoms with van der Waals surface area (Å²) in [5.41, 5.74) is 0.428. The molecular formula is C26H35NO6. The topological polar surface area (TPSA) is 117 Å². The Kier molecular flexibility index (Phi) is 10.0. The van der Waals surface area contributed by atoms with Crippen LogP contribution in [-0.2, 0) is 20.7 Å². The van der Waals surface area contributed by atoms with Crippen molar-refractivity contribution >= 4 is 11.9 Å². The summed E-state index contributed by atoms with van der Waals surface area (Å²) in [5, 5.41) is 30.4. The number of cyclic esters (lactones) is 1. The molecule has 0 bridgehead atoms. The summed E-state index contributed by atoms with van der Waals surface area (Å²) in [7, 11) is 0. The van der Waals surface area contributed by atoms with Gasteiger partial charge in [-0.1, -0.05) is 43.4 Å². The smallest absolute Gasteiger partial charge is 0.309 e. The zero-order valence-electron chi connectivity index (χ0n) is 19.6. The summed E-state index contributed by atoms with van der Waals surface area (Å²) < 4.78 is 5.71. The van der Waals surface area contributed by atoms with Crippen molar-refractivity contribution in [3.8, 4) is 0 Å². The standard InChI is InChI=1S/C26H35NO6/c1-18(8-4-5-9-21-10-6-7-15-27-21)25-19(2)11-12-20(16-23(29)30)26(3,32)14-13-22(28)17-24(31)33-25/h4-8,10-12,15,19-20,22,25,28,32H,9,13-14,16-17H2,1-3H3,(H,29,30)/b5-4+,12-11+,18-8+/t19-,20+,22+,25+,26+/m0/s1. The predicted octanol–water partition coefficient (Wildman–Crippen LogP) is 3.62. The molecule has 2 rings (SSSR count). The fourth-order valence-electron chi connectivity index (χ4n) is 3.86. The minimum atomic E-state index is -1.33. The van der Waals surface area contributed by atoms with Gasteiger partial charge in [0.2, 0.25) is 0 Å². The summed E-state index contributed by atoms with van der Waals surface area (Å²) in [6, 6.07) is 5.73. The molecule has 0 radical (unpaired) electrons. The van der Waals surface area contributed by atoms with Crippen LogP contribution in [0.2, 0.25) is 0 Å². The molecule has 7 nitrogen and oxygen atoms in total. The molecule has 0 saturated heterocycles. The maximum atomic E-state index is 12.5. The average molecular weight is 458 g/mol. The van der Waals surface area contributed by atoms with Crippen molar-refractivity contribution in [1.82, 2.24) is 4.98 Å². The summed E-state index contributed by atoms with van der Waals surface area (Å²) in [6.07, 6.45) is 9.98. The molecule has 1 aliphatic heterocycles. The number of pyridine rings is 1. The minimum absolute atomic E-state index is 0.164. The fraction of sp³-hybridized carbons (Fsp3) is 0.500. The van der Waals surface area contributed by atoms with Crippen LogP contribution in [0.3, 0.4) is 0 Å². The fourth-order valence-corrected chi connectivity index (χ4v) is 3.86. The Hall–Kier alpha value is -2.77. The molecule has 0 unspecified atom stereocenters. The zero-order valence-corrected chi connectivity index (χ0v) is 19.6. The average Bonchev–Trinajstić information content (AvgIpc) is 2.76. The number of rotatable bonds is 6. The van der Waals surface area contributed by atoms with E-state index in [-0.39, 0.29) is 31.6 Å². The third kappa shape index (κ3) is 8.94. The minimum Gasteiger partial charge on any atom is -0.481 e. The van der Waals surface area contributed by atoms with E-state index in [1.165, 1.54) is 0 Å². The van der Waals surface area contributed by atoms with Crippen LogP contribution in [0.5, 0.6) is 0 Å². The van der Waals surface area contributed by atoms with Gasteiger partial charge in [-0.15, -0.1) is 0 Å². The van der Waals surface area contributed by atoms with Crippen molar-refractivity contribution in [2.75, 3.05) is 0 Å². The van der Waals surface area contributed by atoms with E-state index >= 15 is 0 Å². The summed E-state index contributed by atoms with van der Waals surface area (Å²) in [5.74, 6) is -2.43. The van der Waals surface area contributed by atoms with E-state index < -0.39 is 35.7 Å². The van der Waals surface area contributed by atoms with Gasteiger partial charge < -0.3 is 20.1 Å². The first-order valence-corrected chi connectivity index (χ1v) is 11.3. The lowest BCUT2D eigenvalue weighted by atomic mass is 9.80. The van der Waals surface area contributed by atoms with E-state index in [4.69, 9.17) is 4.74 Å². The molecule has 33 heavy (non-hydrogen) atoms. The number of carboxylic acid groups (broad SMARTS) is 1. The van der Waals surface area contributed by atoms with Crippen LogP contribution >= 0.6 is 0 Å². The number of carbonyl (C=O) groups excluding carboxylic acids is 1. The maximum absolute atomic E-state index is 12.5. The van der Waals surface area contributed by atoms with Crippen LogP contribution in [0.15, 0.2) is 60.3 Å². The van der Waals surface area contributed by atoms with Gasteiger partial charge in [0.15, 0.2) is 0 Å². The number of carboxylic acids is 1. The van der Waals surface area contributed by atoms with Crippen LogP contribution in [0.25, 0.3) is 0 Å². The van der Waals surface area contributed by atoms with Gasteiger partial charge in [0.1, 0.15) is 6.10 Å². The molecule has 7 heteroatoms. The number of esters is 1. The molecular weight excluding hydrogens is 422 g/mol. The molecule has 1 aromatic heterocycles. The Morgan fingerprint density at radius 1 is 1.33 bits per heavy atom. The first-order valence-electron chi connectivity index (χ1n) is 11.3. The van der Waals surface area contributed by atoms with Crippen molar-refractivity contribution in [3.63, 3.8) is 0 Å². The van der Waals surface area contributed by atoms with E-state index in [1.807, 2.05) is 50.3 Å². The number of carbonyl (C=O) groups is 2. The molecule has 180 valence electrons. The number of nitrogens with zero attached hydrogens (tertiary/aromatic N) is 1. The molecule has 3 N–H and O–H groups in total. The van der Waals surface area contributed by atoms with Crippen molar-refractivity contribution < 1.29 is 29.6 Å². The van der Waals surface area contributed by atoms with Crippen LogP contribution in [0.4, 0.5) is 0 Å².